The van der Waals surface area contributed by atoms with E-state index in [4.69, 9.17) is 4.74 Å². The van der Waals surface area contributed by atoms with E-state index < -0.39 is 0 Å². The van der Waals surface area contributed by atoms with Crippen LogP contribution < -0.4 is 0 Å². The van der Waals surface area contributed by atoms with Gasteiger partial charge in [0.2, 0.25) is 0 Å². The first-order valence-corrected chi connectivity index (χ1v) is 9.73. The van der Waals surface area contributed by atoms with E-state index >= 15 is 0 Å². The molecule has 0 radical (unpaired) electrons. The minimum Gasteiger partial charge on any atom is -0.466 e. The van der Waals surface area contributed by atoms with Gasteiger partial charge in [0, 0.05) is 23.4 Å². The number of carbonyl (C=O) groups excluding carboxylic acids is 1. The normalized spacial score (nSPS) is 10.7. The quantitative estimate of drug-likeness (QED) is 0.324. The van der Waals surface area contributed by atoms with E-state index in [1.807, 2.05) is 41.0 Å². The minimum absolute atomic E-state index is 0.192. The third-order valence-electron chi connectivity index (χ3n) is 3.79. The first kappa shape index (κ1) is 19.1. The van der Waals surface area contributed by atoms with Crippen molar-refractivity contribution in [2.24, 2.45) is 0 Å². The number of nitrogens with zero attached hydrogens (tertiary/aromatic N) is 3. The lowest BCUT2D eigenvalue weighted by molar-refractivity contribution is -0.143. The van der Waals surface area contributed by atoms with Crippen molar-refractivity contribution in [2.75, 3.05) is 12.4 Å². The Balaban J connectivity index is 1.83. The number of hydrogen-bond donors (Lipinski definition) is 0. The fourth-order valence-electron chi connectivity index (χ4n) is 2.60. The van der Waals surface area contributed by atoms with E-state index in [9.17, 15) is 9.18 Å². The Labute approximate surface area is 161 Å². The maximum atomic E-state index is 13.7. The molecule has 2 aromatic carbocycles. The van der Waals surface area contributed by atoms with Gasteiger partial charge in [0.05, 0.1) is 6.61 Å². The molecule has 140 valence electrons. The average molecular weight is 385 g/mol. The molecule has 0 unspecified atom stereocenters. The predicted molar refractivity (Wildman–Crippen MR) is 103 cm³/mol. The number of aromatic nitrogens is 3. The molecule has 5 nitrogen and oxygen atoms in total. The molecule has 0 atom stereocenters. The molecule has 0 aliphatic rings. The van der Waals surface area contributed by atoms with Crippen molar-refractivity contribution in [3.8, 4) is 17.1 Å². The van der Waals surface area contributed by atoms with E-state index in [0.717, 1.165) is 5.69 Å². The summed E-state index contributed by atoms with van der Waals surface area (Å²) in [7, 11) is 0. The lowest BCUT2D eigenvalue weighted by Gasteiger charge is -2.10. The number of thioether (sulfide) groups is 1. The molecule has 3 aromatic rings. The van der Waals surface area contributed by atoms with Gasteiger partial charge in [0.15, 0.2) is 11.0 Å². The fraction of sp³-hybridized carbons (Fsp3) is 0.250. The molecule has 1 heterocycles. The number of hydrogen-bond acceptors (Lipinski definition) is 5. The van der Waals surface area contributed by atoms with Gasteiger partial charge in [0.25, 0.3) is 0 Å². The van der Waals surface area contributed by atoms with E-state index in [1.165, 1.54) is 23.9 Å². The smallest absolute Gasteiger partial charge is 0.305 e. The summed E-state index contributed by atoms with van der Waals surface area (Å²) in [5.74, 6) is 0.767. The van der Waals surface area contributed by atoms with Crippen LogP contribution in [0.1, 0.15) is 19.8 Å². The van der Waals surface area contributed by atoms with Crippen molar-refractivity contribution in [1.82, 2.24) is 14.8 Å². The summed E-state index contributed by atoms with van der Waals surface area (Å²) in [5.41, 5.74) is 1.55. The monoisotopic (exact) mass is 385 g/mol. The van der Waals surface area contributed by atoms with Gasteiger partial charge in [-0.1, -0.05) is 42.1 Å². The van der Waals surface area contributed by atoms with Gasteiger partial charge >= 0.3 is 5.97 Å². The number of ether oxygens (including phenoxy) is 1. The van der Waals surface area contributed by atoms with Crippen molar-refractivity contribution in [1.29, 1.82) is 0 Å². The summed E-state index contributed by atoms with van der Waals surface area (Å²) < 4.78 is 20.5. The van der Waals surface area contributed by atoms with Crippen molar-refractivity contribution in [3.05, 3.63) is 60.4 Å². The highest BCUT2D eigenvalue weighted by atomic mass is 32.2. The highest BCUT2D eigenvalue weighted by Crippen LogP contribution is 2.28. The highest BCUT2D eigenvalue weighted by Gasteiger charge is 2.16. The van der Waals surface area contributed by atoms with Crippen LogP contribution in [0, 0.1) is 5.82 Å². The van der Waals surface area contributed by atoms with Gasteiger partial charge in [-0.3, -0.25) is 9.36 Å². The van der Waals surface area contributed by atoms with E-state index in [-0.39, 0.29) is 11.8 Å². The molecule has 0 N–H and O–H groups in total. The maximum Gasteiger partial charge on any atom is 0.305 e. The van der Waals surface area contributed by atoms with Gasteiger partial charge in [-0.05, 0) is 37.6 Å². The molecular weight excluding hydrogens is 365 g/mol. The molecule has 7 heteroatoms. The van der Waals surface area contributed by atoms with E-state index in [1.54, 1.807) is 13.0 Å². The topological polar surface area (TPSA) is 57.0 Å². The maximum absolute atomic E-state index is 13.7. The number of halogens is 1. The average Bonchev–Trinajstić information content (AvgIpc) is 3.10. The number of esters is 1. The number of rotatable bonds is 8. The second kappa shape index (κ2) is 9.32. The third-order valence-corrected chi connectivity index (χ3v) is 4.81. The summed E-state index contributed by atoms with van der Waals surface area (Å²) in [6, 6.07) is 16.0. The van der Waals surface area contributed by atoms with Crippen LogP contribution in [0.5, 0.6) is 0 Å². The molecule has 0 saturated heterocycles. The summed E-state index contributed by atoms with van der Waals surface area (Å²) in [6.07, 6.45) is 1.05. The SMILES string of the molecule is CCOC(=O)CCCSc1nnc(-c2cccc(F)c2)n1-c1ccccc1. The van der Waals surface area contributed by atoms with Crippen LogP contribution in [0.15, 0.2) is 59.8 Å². The van der Waals surface area contributed by atoms with E-state index in [0.29, 0.717) is 41.7 Å². The molecular formula is C20H20FN3O2S. The molecule has 3 rings (SSSR count). The van der Waals surface area contributed by atoms with Crippen LogP contribution in [0.4, 0.5) is 4.39 Å². The number of benzene rings is 2. The lowest BCUT2D eigenvalue weighted by Crippen LogP contribution is -2.04. The number of carbonyl (C=O) groups is 1. The lowest BCUT2D eigenvalue weighted by atomic mass is 10.2. The largest absolute Gasteiger partial charge is 0.466 e. The van der Waals surface area contributed by atoms with Crippen LogP contribution in [-0.4, -0.2) is 33.1 Å². The van der Waals surface area contributed by atoms with Gasteiger partial charge in [-0.25, -0.2) is 4.39 Å². The molecule has 0 bridgehead atoms. The van der Waals surface area contributed by atoms with Crippen molar-refractivity contribution < 1.29 is 13.9 Å². The highest BCUT2D eigenvalue weighted by molar-refractivity contribution is 7.99. The van der Waals surface area contributed by atoms with Crippen LogP contribution in [-0.2, 0) is 9.53 Å². The standard InChI is InChI=1S/C20H20FN3O2S/c1-2-26-18(25)12-7-13-27-20-23-22-19(15-8-6-9-16(21)14-15)24(20)17-10-4-3-5-11-17/h3-6,8-11,14H,2,7,12-13H2,1H3. The van der Waals surface area contributed by atoms with E-state index in [2.05, 4.69) is 10.2 Å². The van der Waals surface area contributed by atoms with Crippen molar-refractivity contribution in [2.45, 2.75) is 24.9 Å². The summed E-state index contributed by atoms with van der Waals surface area (Å²) in [6.45, 7) is 2.19. The van der Waals surface area contributed by atoms with Crippen LogP contribution in [0.25, 0.3) is 17.1 Å². The molecule has 0 aliphatic heterocycles. The zero-order valence-corrected chi connectivity index (χ0v) is 15.8. The Morgan fingerprint density at radius 3 is 2.70 bits per heavy atom. The second-order valence-corrected chi connectivity index (χ2v) is 6.81. The molecule has 27 heavy (non-hydrogen) atoms. The summed E-state index contributed by atoms with van der Waals surface area (Å²) in [5, 5.41) is 9.27. The summed E-state index contributed by atoms with van der Waals surface area (Å²) >= 11 is 1.51. The first-order valence-electron chi connectivity index (χ1n) is 8.74. The van der Waals surface area contributed by atoms with Crippen molar-refractivity contribution >= 4 is 17.7 Å². The molecule has 0 fully saturated rings. The Kier molecular flexibility index (Phi) is 6.59. The van der Waals surface area contributed by atoms with Crippen LogP contribution >= 0.6 is 11.8 Å². The second-order valence-electron chi connectivity index (χ2n) is 5.74. The zero-order valence-electron chi connectivity index (χ0n) is 15.0. The first-order chi connectivity index (χ1) is 13.2. The van der Waals surface area contributed by atoms with Crippen molar-refractivity contribution in [3.63, 3.8) is 0 Å². The Morgan fingerprint density at radius 2 is 1.96 bits per heavy atom. The zero-order chi connectivity index (χ0) is 19.1. The molecule has 0 aliphatic carbocycles. The van der Waals surface area contributed by atoms with Crippen LogP contribution in [0.3, 0.4) is 0 Å². The molecule has 0 saturated carbocycles. The Bertz CT molecular complexity index is 899. The molecule has 0 amide bonds. The molecule has 0 spiro atoms. The van der Waals surface area contributed by atoms with Gasteiger partial charge in [0.1, 0.15) is 5.82 Å². The molecule has 1 aromatic heterocycles. The Hall–Kier alpha value is -2.67. The van der Waals surface area contributed by atoms with Gasteiger partial charge < -0.3 is 4.74 Å². The third kappa shape index (κ3) is 4.95. The van der Waals surface area contributed by atoms with Gasteiger partial charge in [-0.15, -0.1) is 10.2 Å². The summed E-state index contributed by atoms with van der Waals surface area (Å²) in [4.78, 5) is 11.5. The number of para-hydroxylation sites is 1. The minimum atomic E-state index is -0.321. The fourth-order valence-corrected chi connectivity index (χ4v) is 3.49. The Morgan fingerprint density at radius 1 is 1.15 bits per heavy atom. The van der Waals surface area contributed by atoms with Crippen LogP contribution in [0.2, 0.25) is 0 Å². The van der Waals surface area contributed by atoms with Gasteiger partial charge in [-0.2, -0.15) is 0 Å². The predicted octanol–water partition coefficient (Wildman–Crippen LogP) is 4.51.